The van der Waals surface area contributed by atoms with E-state index in [2.05, 4.69) is 5.32 Å². The molecule has 0 aliphatic rings. The Morgan fingerprint density at radius 2 is 2.12 bits per heavy atom. The molecular formula is C12H17FN2OS. The average Bonchev–Trinajstić information content (AvgIpc) is 2.13. The lowest BCUT2D eigenvalue weighted by Gasteiger charge is -2.20. The Bertz CT molecular complexity index is 415. The molecule has 5 heteroatoms. The van der Waals surface area contributed by atoms with Crippen LogP contribution in [0, 0.1) is 5.82 Å². The number of hydrogen-bond acceptors (Lipinski definition) is 3. The zero-order valence-corrected chi connectivity index (χ0v) is 11.0. The van der Waals surface area contributed by atoms with Gasteiger partial charge in [0.05, 0.1) is 5.75 Å². The monoisotopic (exact) mass is 256 g/mol. The fourth-order valence-electron chi connectivity index (χ4n) is 1.23. The first kappa shape index (κ1) is 13.8. The molecule has 1 aromatic carbocycles. The van der Waals surface area contributed by atoms with E-state index in [1.165, 1.54) is 6.07 Å². The number of thioether (sulfide) groups is 1. The van der Waals surface area contributed by atoms with Crippen LogP contribution in [0.1, 0.15) is 20.8 Å². The highest BCUT2D eigenvalue weighted by molar-refractivity contribution is 8.00. The first-order valence-electron chi connectivity index (χ1n) is 5.27. The zero-order chi connectivity index (χ0) is 13.1. The minimum Gasteiger partial charge on any atom is -0.399 e. The number of halogens is 1. The number of amides is 1. The van der Waals surface area contributed by atoms with Gasteiger partial charge in [-0.05, 0) is 39.0 Å². The third kappa shape index (κ3) is 5.08. The van der Waals surface area contributed by atoms with E-state index in [0.29, 0.717) is 10.6 Å². The fourth-order valence-corrected chi connectivity index (χ4v) is 1.95. The molecule has 0 bridgehead atoms. The standard InChI is InChI=1S/C12H17FN2OS/c1-12(2,3)15-11(16)7-17-10-5-4-8(14)6-9(10)13/h4-6H,7,14H2,1-3H3,(H,15,16). The summed E-state index contributed by atoms with van der Waals surface area (Å²) in [6.07, 6.45) is 0. The number of nitrogen functional groups attached to an aromatic ring is 1. The van der Waals surface area contributed by atoms with Crippen molar-refractivity contribution in [3.63, 3.8) is 0 Å². The van der Waals surface area contributed by atoms with Gasteiger partial charge in [0.1, 0.15) is 5.82 Å². The molecule has 0 spiro atoms. The Morgan fingerprint density at radius 3 is 2.65 bits per heavy atom. The van der Waals surface area contributed by atoms with Gasteiger partial charge < -0.3 is 11.1 Å². The summed E-state index contributed by atoms with van der Waals surface area (Å²) in [6, 6.07) is 4.46. The summed E-state index contributed by atoms with van der Waals surface area (Å²) in [7, 11) is 0. The van der Waals surface area contributed by atoms with Crippen molar-refractivity contribution in [1.29, 1.82) is 0 Å². The van der Waals surface area contributed by atoms with Gasteiger partial charge in [-0.3, -0.25) is 4.79 Å². The Kier molecular flexibility index (Phi) is 4.40. The van der Waals surface area contributed by atoms with Crippen LogP contribution < -0.4 is 11.1 Å². The third-order valence-electron chi connectivity index (χ3n) is 1.83. The lowest BCUT2D eigenvalue weighted by Crippen LogP contribution is -2.41. The summed E-state index contributed by atoms with van der Waals surface area (Å²) >= 11 is 1.16. The lowest BCUT2D eigenvalue weighted by molar-refractivity contribution is -0.119. The van der Waals surface area contributed by atoms with E-state index in [1.54, 1.807) is 12.1 Å². The average molecular weight is 256 g/mol. The highest BCUT2D eigenvalue weighted by atomic mass is 32.2. The maximum absolute atomic E-state index is 13.4. The number of carbonyl (C=O) groups excluding carboxylic acids is 1. The maximum atomic E-state index is 13.4. The molecule has 1 aromatic rings. The second-order valence-corrected chi connectivity index (χ2v) is 5.79. The van der Waals surface area contributed by atoms with Gasteiger partial charge >= 0.3 is 0 Å². The molecule has 1 amide bonds. The van der Waals surface area contributed by atoms with Crippen LogP contribution in [0.15, 0.2) is 23.1 Å². The van der Waals surface area contributed by atoms with Crippen molar-refractivity contribution in [2.45, 2.75) is 31.2 Å². The molecule has 3 N–H and O–H groups in total. The molecule has 0 saturated heterocycles. The molecule has 0 aromatic heterocycles. The first-order valence-corrected chi connectivity index (χ1v) is 6.25. The predicted octanol–water partition coefficient (Wildman–Crippen LogP) is 2.41. The number of rotatable bonds is 3. The Hall–Kier alpha value is -1.23. The van der Waals surface area contributed by atoms with Crippen molar-refractivity contribution in [3.8, 4) is 0 Å². The van der Waals surface area contributed by atoms with E-state index in [-0.39, 0.29) is 17.2 Å². The summed E-state index contributed by atoms with van der Waals surface area (Å²) < 4.78 is 13.4. The highest BCUT2D eigenvalue weighted by Gasteiger charge is 2.14. The minimum absolute atomic E-state index is 0.112. The van der Waals surface area contributed by atoms with Crippen molar-refractivity contribution in [1.82, 2.24) is 5.32 Å². The first-order chi connectivity index (χ1) is 7.78. The summed E-state index contributed by atoms with van der Waals surface area (Å²) in [6.45, 7) is 5.71. The molecule has 0 radical (unpaired) electrons. The van der Waals surface area contributed by atoms with Crippen LogP contribution in [0.2, 0.25) is 0 Å². The van der Waals surface area contributed by atoms with Gasteiger partial charge in [0, 0.05) is 16.1 Å². The second kappa shape index (κ2) is 5.40. The van der Waals surface area contributed by atoms with E-state index < -0.39 is 5.82 Å². The van der Waals surface area contributed by atoms with Crippen molar-refractivity contribution in [2.24, 2.45) is 0 Å². The molecule has 0 fully saturated rings. The number of nitrogens with one attached hydrogen (secondary N) is 1. The topological polar surface area (TPSA) is 55.1 Å². The Labute approximate surface area is 105 Å². The maximum Gasteiger partial charge on any atom is 0.230 e. The fraction of sp³-hybridized carbons (Fsp3) is 0.417. The predicted molar refractivity (Wildman–Crippen MR) is 69.4 cm³/mol. The van der Waals surface area contributed by atoms with Crippen LogP contribution >= 0.6 is 11.8 Å². The van der Waals surface area contributed by atoms with Gasteiger partial charge in [-0.15, -0.1) is 11.8 Å². The van der Waals surface area contributed by atoms with Crippen LogP contribution in [0.3, 0.4) is 0 Å². The lowest BCUT2D eigenvalue weighted by atomic mass is 10.1. The van der Waals surface area contributed by atoms with Gasteiger partial charge in [-0.25, -0.2) is 4.39 Å². The van der Waals surface area contributed by atoms with Gasteiger partial charge in [-0.1, -0.05) is 0 Å². The van der Waals surface area contributed by atoms with Gasteiger partial charge in [0.25, 0.3) is 0 Å². The van der Waals surface area contributed by atoms with Crippen LogP contribution in [-0.4, -0.2) is 17.2 Å². The van der Waals surface area contributed by atoms with Crippen LogP contribution in [-0.2, 0) is 4.79 Å². The van der Waals surface area contributed by atoms with E-state index in [1.807, 2.05) is 20.8 Å². The number of benzene rings is 1. The van der Waals surface area contributed by atoms with E-state index in [9.17, 15) is 9.18 Å². The SMILES string of the molecule is CC(C)(C)NC(=O)CSc1ccc(N)cc1F. The molecule has 0 aliphatic heterocycles. The number of anilines is 1. The van der Waals surface area contributed by atoms with Crippen LogP contribution in [0.4, 0.5) is 10.1 Å². The van der Waals surface area contributed by atoms with Crippen molar-refractivity contribution in [3.05, 3.63) is 24.0 Å². The van der Waals surface area contributed by atoms with Gasteiger partial charge in [0.2, 0.25) is 5.91 Å². The molecule has 0 heterocycles. The van der Waals surface area contributed by atoms with Crippen molar-refractivity contribution >= 4 is 23.4 Å². The van der Waals surface area contributed by atoms with Gasteiger partial charge in [-0.2, -0.15) is 0 Å². The molecular weight excluding hydrogens is 239 g/mol. The summed E-state index contributed by atoms with van der Waals surface area (Å²) in [4.78, 5) is 12.0. The molecule has 94 valence electrons. The molecule has 17 heavy (non-hydrogen) atoms. The smallest absolute Gasteiger partial charge is 0.230 e. The van der Waals surface area contributed by atoms with Gasteiger partial charge in [0.15, 0.2) is 0 Å². The summed E-state index contributed by atoms with van der Waals surface area (Å²) in [5.41, 5.74) is 5.55. The summed E-state index contributed by atoms with van der Waals surface area (Å²) in [5.74, 6) is -0.310. The number of carbonyl (C=O) groups is 1. The largest absolute Gasteiger partial charge is 0.399 e. The highest BCUT2D eigenvalue weighted by Crippen LogP contribution is 2.23. The van der Waals surface area contributed by atoms with Crippen LogP contribution in [0.5, 0.6) is 0 Å². The normalized spacial score (nSPS) is 11.3. The Balaban J connectivity index is 2.53. The number of hydrogen-bond donors (Lipinski definition) is 2. The third-order valence-corrected chi connectivity index (χ3v) is 2.88. The summed E-state index contributed by atoms with van der Waals surface area (Å²) in [5, 5.41) is 2.81. The molecule has 0 atom stereocenters. The minimum atomic E-state index is -0.390. The Morgan fingerprint density at radius 1 is 1.47 bits per heavy atom. The van der Waals surface area contributed by atoms with Crippen LogP contribution in [0.25, 0.3) is 0 Å². The molecule has 0 aliphatic carbocycles. The zero-order valence-electron chi connectivity index (χ0n) is 10.2. The quantitative estimate of drug-likeness (QED) is 0.645. The van der Waals surface area contributed by atoms with E-state index >= 15 is 0 Å². The molecule has 3 nitrogen and oxygen atoms in total. The molecule has 0 unspecified atom stereocenters. The van der Waals surface area contributed by atoms with E-state index in [4.69, 9.17) is 5.73 Å². The molecule has 0 saturated carbocycles. The van der Waals surface area contributed by atoms with E-state index in [0.717, 1.165) is 11.8 Å². The van der Waals surface area contributed by atoms with Crippen molar-refractivity contribution in [2.75, 3.05) is 11.5 Å². The van der Waals surface area contributed by atoms with Crippen molar-refractivity contribution < 1.29 is 9.18 Å². The number of nitrogens with two attached hydrogens (primary N) is 1. The molecule has 1 rings (SSSR count). The second-order valence-electron chi connectivity index (χ2n) is 4.78.